The fraction of sp³-hybridized carbons (Fsp3) is 0.316. The van der Waals surface area contributed by atoms with Crippen molar-refractivity contribution in [3.05, 3.63) is 64.9 Å². The Morgan fingerprint density at radius 2 is 1.81 bits per heavy atom. The van der Waals surface area contributed by atoms with Crippen molar-refractivity contribution in [3.8, 4) is 0 Å². The molecule has 144 valence electrons. The quantitative estimate of drug-likeness (QED) is 0.823. The Labute approximate surface area is 163 Å². The first-order valence-electron chi connectivity index (χ1n) is 8.65. The maximum atomic E-state index is 13.3. The molecule has 0 unspecified atom stereocenters. The van der Waals surface area contributed by atoms with Crippen LogP contribution in [0.15, 0.2) is 53.4 Å². The van der Waals surface area contributed by atoms with Crippen molar-refractivity contribution in [1.82, 2.24) is 9.62 Å². The maximum Gasteiger partial charge on any atom is 0.243 e. The SMILES string of the molecule is O=C(NCc1ccccc1)C1CCN(S(=O)(=O)c2ccc(F)c(Cl)c2)CC1. The van der Waals surface area contributed by atoms with Crippen LogP contribution in [-0.4, -0.2) is 31.7 Å². The van der Waals surface area contributed by atoms with E-state index >= 15 is 0 Å². The van der Waals surface area contributed by atoms with Gasteiger partial charge in [0.25, 0.3) is 0 Å². The lowest BCUT2D eigenvalue weighted by Gasteiger charge is -2.30. The van der Waals surface area contributed by atoms with Crippen LogP contribution in [0, 0.1) is 11.7 Å². The molecule has 0 aliphatic carbocycles. The van der Waals surface area contributed by atoms with Gasteiger partial charge < -0.3 is 5.32 Å². The van der Waals surface area contributed by atoms with Crippen LogP contribution in [0.2, 0.25) is 5.02 Å². The van der Waals surface area contributed by atoms with E-state index in [0.717, 1.165) is 17.7 Å². The number of carbonyl (C=O) groups is 1. The molecule has 0 bridgehead atoms. The molecular weight excluding hydrogens is 391 g/mol. The molecule has 1 N–H and O–H groups in total. The molecule has 0 spiro atoms. The van der Waals surface area contributed by atoms with Gasteiger partial charge in [-0.2, -0.15) is 4.31 Å². The number of amides is 1. The Kier molecular flexibility index (Phi) is 6.14. The molecule has 1 saturated heterocycles. The molecule has 0 aromatic heterocycles. The average Bonchev–Trinajstić information content (AvgIpc) is 2.69. The van der Waals surface area contributed by atoms with Crippen LogP contribution in [0.5, 0.6) is 0 Å². The van der Waals surface area contributed by atoms with Gasteiger partial charge >= 0.3 is 0 Å². The standard InChI is InChI=1S/C19H20ClFN2O3S/c20-17-12-16(6-7-18(17)21)27(25,26)23-10-8-15(9-11-23)19(24)22-13-14-4-2-1-3-5-14/h1-7,12,15H,8-11,13H2,(H,22,24). The number of rotatable bonds is 5. The zero-order valence-corrected chi connectivity index (χ0v) is 16.1. The minimum atomic E-state index is -3.76. The van der Waals surface area contributed by atoms with Crippen molar-refractivity contribution in [2.45, 2.75) is 24.3 Å². The lowest BCUT2D eigenvalue weighted by atomic mass is 9.97. The van der Waals surface area contributed by atoms with Gasteiger partial charge in [0.15, 0.2) is 0 Å². The Morgan fingerprint density at radius 1 is 1.15 bits per heavy atom. The molecule has 1 amide bonds. The zero-order valence-electron chi connectivity index (χ0n) is 14.6. The predicted octanol–water partition coefficient (Wildman–Crippen LogP) is 3.20. The number of benzene rings is 2. The number of carbonyl (C=O) groups excluding carboxylic acids is 1. The summed E-state index contributed by atoms with van der Waals surface area (Å²) in [7, 11) is -3.76. The second-order valence-corrected chi connectivity index (χ2v) is 8.80. The molecular formula is C19H20ClFN2O3S. The fourth-order valence-electron chi connectivity index (χ4n) is 3.07. The molecule has 0 radical (unpaired) electrons. The van der Waals surface area contributed by atoms with Gasteiger partial charge in [0, 0.05) is 25.6 Å². The smallest absolute Gasteiger partial charge is 0.243 e. The normalized spacial score (nSPS) is 16.2. The number of nitrogens with zero attached hydrogens (tertiary/aromatic N) is 1. The highest BCUT2D eigenvalue weighted by atomic mass is 35.5. The second kappa shape index (κ2) is 8.37. The Morgan fingerprint density at radius 3 is 2.44 bits per heavy atom. The lowest BCUT2D eigenvalue weighted by Crippen LogP contribution is -2.42. The van der Waals surface area contributed by atoms with Gasteiger partial charge in [0.05, 0.1) is 9.92 Å². The van der Waals surface area contributed by atoms with Crippen molar-refractivity contribution in [2.75, 3.05) is 13.1 Å². The molecule has 2 aromatic carbocycles. The van der Waals surface area contributed by atoms with E-state index in [9.17, 15) is 17.6 Å². The summed E-state index contributed by atoms with van der Waals surface area (Å²) in [5.74, 6) is -0.956. The van der Waals surface area contributed by atoms with Crippen molar-refractivity contribution >= 4 is 27.5 Å². The van der Waals surface area contributed by atoms with Gasteiger partial charge in [-0.1, -0.05) is 41.9 Å². The van der Waals surface area contributed by atoms with Gasteiger partial charge in [0.1, 0.15) is 5.82 Å². The molecule has 1 fully saturated rings. The van der Waals surface area contributed by atoms with Crippen molar-refractivity contribution in [3.63, 3.8) is 0 Å². The maximum absolute atomic E-state index is 13.3. The van der Waals surface area contributed by atoms with Gasteiger partial charge in [-0.15, -0.1) is 0 Å². The Hall–Kier alpha value is -1.96. The van der Waals surface area contributed by atoms with E-state index < -0.39 is 15.8 Å². The van der Waals surface area contributed by atoms with E-state index in [1.807, 2.05) is 30.3 Å². The summed E-state index contributed by atoms with van der Waals surface area (Å²) >= 11 is 5.70. The third kappa shape index (κ3) is 4.66. The molecule has 1 aliphatic heterocycles. The first-order chi connectivity index (χ1) is 12.9. The molecule has 1 aliphatic rings. The van der Waals surface area contributed by atoms with Crippen LogP contribution in [0.25, 0.3) is 0 Å². The van der Waals surface area contributed by atoms with Gasteiger partial charge in [-0.3, -0.25) is 4.79 Å². The van der Waals surface area contributed by atoms with E-state index in [4.69, 9.17) is 11.6 Å². The van der Waals surface area contributed by atoms with Crippen LogP contribution in [0.4, 0.5) is 4.39 Å². The van der Waals surface area contributed by atoms with Crippen molar-refractivity contribution in [1.29, 1.82) is 0 Å². The van der Waals surface area contributed by atoms with Crippen LogP contribution >= 0.6 is 11.6 Å². The molecule has 0 saturated carbocycles. The molecule has 3 rings (SSSR count). The second-order valence-electron chi connectivity index (χ2n) is 6.46. The Bertz CT molecular complexity index is 914. The van der Waals surface area contributed by atoms with E-state index in [1.165, 1.54) is 10.4 Å². The largest absolute Gasteiger partial charge is 0.352 e. The summed E-state index contributed by atoms with van der Waals surface area (Å²) in [6.07, 6.45) is 0.879. The monoisotopic (exact) mass is 410 g/mol. The molecule has 5 nitrogen and oxygen atoms in total. The summed E-state index contributed by atoms with van der Waals surface area (Å²) in [4.78, 5) is 12.3. The predicted molar refractivity (Wildman–Crippen MR) is 101 cm³/mol. The van der Waals surface area contributed by atoms with E-state index in [-0.39, 0.29) is 34.8 Å². The summed E-state index contributed by atoms with van der Waals surface area (Å²) in [6, 6.07) is 13.0. The molecule has 2 aromatic rings. The number of halogens is 2. The highest BCUT2D eigenvalue weighted by Crippen LogP contribution is 2.26. The minimum absolute atomic E-state index is 0.0409. The average molecular weight is 411 g/mol. The fourth-order valence-corrected chi connectivity index (χ4v) is 4.82. The topological polar surface area (TPSA) is 66.5 Å². The van der Waals surface area contributed by atoms with E-state index in [1.54, 1.807) is 0 Å². The van der Waals surface area contributed by atoms with Crippen LogP contribution < -0.4 is 5.32 Å². The van der Waals surface area contributed by atoms with Gasteiger partial charge in [-0.05, 0) is 36.6 Å². The highest BCUT2D eigenvalue weighted by molar-refractivity contribution is 7.89. The van der Waals surface area contributed by atoms with E-state index in [2.05, 4.69) is 5.32 Å². The summed E-state index contributed by atoms with van der Waals surface area (Å²) in [6.45, 7) is 0.924. The molecule has 1 heterocycles. The Balaban J connectivity index is 1.57. The van der Waals surface area contributed by atoms with Crippen LogP contribution in [0.3, 0.4) is 0 Å². The number of hydrogen-bond acceptors (Lipinski definition) is 3. The number of piperidine rings is 1. The highest BCUT2D eigenvalue weighted by Gasteiger charge is 2.32. The first-order valence-corrected chi connectivity index (χ1v) is 10.5. The summed E-state index contributed by atoms with van der Waals surface area (Å²) in [5.41, 5.74) is 1.01. The third-order valence-corrected chi connectivity index (χ3v) is 6.85. The van der Waals surface area contributed by atoms with Crippen LogP contribution in [-0.2, 0) is 21.4 Å². The van der Waals surface area contributed by atoms with Crippen molar-refractivity contribution < 1.29 is 17.6 Å². The first kappa shape index (κ1) is 19.8. The van der Waals surface area contributed by atoms with Crippen LogP contribution in [0.1, 0.15) is 18.4 Å². The molecule has 8 heteroatoms. The minimum Gasteiger partial charge on any atom is -0.352 e. The lowest BCUT2D eigenvalue weighted by molar-refractivity contribution is -0.126. The zero-order chi connectivity index (χ0) is 19.4. The third-order valence-electron chi connectivity index (χ3n) is 4.66. The molecule has 27 heavy (non-hydrogen) atoms. The number of nitrogens with one attached hydrogen (secondary N) is 1. The number of sulfonamides is 1. The van der Waals surface area contributed by atoms with Crippen molar-refractivity contribution in [2.24, 2.45) is 5.92 Å². The summed E-state index contributed by atoms with van der Waals surface area (Å²) < 4.78 is 40.0. The van der Waals surface area contributed by atoms with Gasteiger partial charge in [-0.25, -0.2) is 12.8 Å². The van der Waals surface area contributed by atoms with E-state index in [0.29, 0.717) is 19.4 Å². The summed E-state index contributed by atoms with van der Waals surface area (Å²) in [5, 5.41) is 2.67. The number of hydrogen-bond donors (Lipinski definition) is 1. The van der Waals surface area contributed by atoms with Gasteiger partial charge in [0.2, 0.25) is 15.9 Å². The molecule has 0 atom stereocenters.